The van der Waals surface area contributed by atoms with E-state index in [1.807, 2.05) is 0 Å². The topological polar surface area (TPSA) is 45.8 Å². The molecule has 1 aromatic carbocycles. The van der Waals surface area contributed by atoms with Crippen LogP contribution in [0.4, 0.5) is 8.78 Å². The van der Waals surface area contributed by atoms with Gasteiger partial charge in [0.25, 0.3) is 5.56 Å². The number of hydrogen-bond acceptors (Lipinski definition) is 3. The number of H-pyrrole nitrogens is 1. The lowest BCUT2D eigenvalue weighted by Gasteiger charge is -2.17. The summed E-state index contributed by atoms with van der Waals surface area (Å²) >= 11 is 1.46. The highest BCUT2D eigenvalue weighted by atomic mass is 32.1. The Morgan fingerprint density at radius 2 is 2.04 bits per heavy atom. The second kappa shape index (κ2) is 5.23. The number of fused-ring (bicyclic) bond motifs is 3. The summed E-state index contributed by atoms with van der Waals surface area (Å²) in [6.45, 7) is 2.19. The molecular weight excluding hydrogens is 318 g/mol. The molecule has 0 saturated carbocycles. The van der Waals surface area contributed by atoms with Gasteiger partial charge in [0, 0.05) is 4.88 Å². The van der Waals surface area contributed by atoms with Crippen LogP contribution in [0.1, 0.15) is 23.8 Å². The summed E-state index contributed by atoms with van der Waals surface area (Å²) in [5, 5.41) is 0.581. The molecule has 1 N–H and O–H groups in total. The molecule has 2 heterocycles. The first-order chi connectivity index (χ1) is 11.0. The zero-order valence-electron chi connectivity index (χ0n) is 12.5. The molecule has 4 rings (SSSR count). The van der Waals surface area contributed by atoms with Gasteiger partial charge in [-0.3, -0.25) is 4.79 Å². The Kier molecular flexibility index (Phi) is 3.30. The molecule has 1 aliphatic carbocycles. The highest BCUT2D eigenvalue weighted by Gasteiger charge is 2.24. The molecule has 1 unspecified atom stereocenters. The summed E-state index contributed by atoms with van der Waals surface area (Å²) in [6.07, 6.45) is 2.83. The monoisotopic (exact) mass is 332 g/mol. The molecule has 2 aromatic heterocycles. The lowest BCUT2D eigenvalue weighted by Crippen LogP contribution is -2.14. The van der Waals surface area contributed by atoms with Crippen LogP contribution < -0.4 is 5.56 Å². The fraction of sp³-hybridized carbons (Fsp3) is 0.294. The van der Waals surface area contributed by atoms with Crippen LogP contribution in [0, 0.1) is 17.6 Å². The zero-order valence-corrected chi connectivity index (χ0v) is 13.3. The summed E-state index contributed by atoms with van der Waals surface area (Å²) < 4.78 is 27.9. The lowest BCUT2D eigenvalue weighted by atomic mass is 9.89. The van der Waals surface area contributed by atoms with Crippen molar-refractivity contribution >= 4 is 21.6 Å². The minimum absolute atomic E-state index is 0.0512. The number of nitrogens with zero attached hydrogens (tertiary/aromatic N) is 1. The Morgan fingerprint density at radius 3 is 2.78 bits per heavy atom. The number of benzene rings is 1. The first kappa shape index (κ1) is 14.5. The van der Waals surface area contributed by atoms with Crippen molar-refractivity contribution in [3.63, 3.8) is 0 Å². The maximum atomic E-state index is 13.9. The van der Waals surface area contributed by atoms with Crippen molar-refractivity contribution in [2.45, 2.75) is 26.2 Å². The van der Waals surface area contributed by atoms with Gasteiger partial charge in [-0.05, 0) is 42.9 Å². The Morgan fingerprint density at radius 1 is 1.30 bits per heavy atom. The van der Waals surface area contributed by atoms with Crippen LogP contribution in [-0.2, 0) is 12.8 Å². The first-order valence-corrected chi connectivity index (χ1v) is 8.35. The Labute approximate surface area is 135 Å². The van der Waals surface area contributed by atoms with E-state index < -0.39 is 11.6 Å². The van der Waals surface area contributed by atoms with Crippen LogP contribution in [-0.4, -0.2) is 9.97 Å². The molecule has 6 heteroatoms. The molecule has 0 fully saturated rings. The second-order valence-electron chi connectivity index (χ2n) is 6.04. The van der Waals surface area contributed by atoms with E-state index in [-0.39, 0.29) is 16.9 Å². The molecule has 0 aliphatic heterocycles. The van der Waals surface area contributed by atoms with Gasteiger partial charge in [0.2, 0.25) is 0 Å². The van der Waals surface area contributed by atoms with E-state index in [1.54, 1.807) is 0 Å². The van der Waals surface area contributed by atoms with Crippen LogP contribution in [0.25, 0.3) is 21.6 Å². The third-order valence-corrected chi connectivity index (χ3v) is 5.51. The second-order valence-corrected chi connectivity index (χ2v) is 7.13. The highest BCUT2D eigenvalue weighted by Crippen LogP contribution is 2.36. The van der Waals surface area contributed by atoms with E-state index in [4.69, 9.17) is 0 Å². The molecule has 3 aromatic rings. The maximum Gasteiger partial charge on any atom is 0.260 e. The van der Waals surface area contributed by atoms with Crippen molar-refractivity contribution in [1.82, 2.24) is 9.97 Å². The highest BCUT2D eigenvalue weighted by molar-refractivity contribution is 7.18. The van der Waals surface area contributed by atoms with E-state index in [9.17, 15) is 13.6 Å². The molecule has 3 nitrogen and oxygen atoms in total. The van der Waals surface area contributed by atoms with Crippen molar-refractivity contribution in [3.05, 3.63) is 50.6 Å². The molecule has 0 amide bonds. The molecule has 23 heavy (non-hydrogen) atoms. The number of halogens is 2. The normalized spacial score (nSPS) is 17.4. The first-order valence-electron chi connectivity index (χ1n) is 7.53. The van der Waals surface area contributed by atoms with Gasteiger partial charge in [-0.1, -0.05) is 13.0 Å². The van der Waals surface area contributed by atoms with Crippen molar-refractivity contribution in [3.8, 4) is 11.4 Å². The van der Waals surface area contributed by atoms with Gasteiger partial charge >= 0.3 is 0 Å². The average molecular weight is 332 g/mol. The van der Waals surface area contributed by atoms with Crippen molar-refractivity contribution in [2.75, 3.05) is 0 Å². The van der Waals surface area contributed by atoms with Crippen LogP contribution in [0.3, 0.4) is 0 Å². The average Bonchev–Trinajstić information content (AvgIpc) is 2.84. The smallest absolute Gasteiger partial charge is 0.260 e. The molecule has 0 spiro atoms. The van der Waals surface area contributed by atoms with Gasteiger partial charge < -0.3 is 4.98 Å². The quantitative estimate of drug-likeness (QED) is 0.730. The van der Waals surface area contributed by atoms with Gasteiger partial charge in [0.05, 0.1) is 10.9 Å². The number of thiophene rings is 1. The molecule has 0 bridgehead atoms. The minimum Gasteiger partial charge on any atom is -0.306 e. The van der Waals surface area contributed by atoms with Crippen LogP contribution in [0.5, 0.6) is 0 Å². The number of hydrogen-bond donors (Lipinski definition) is 1. The standard InChI is InChI=1S/C17H14F2N2OS/c1-8-5-6-9-12(7-8)23-17-13(9)16(22)20-15(21-17)14-10(18)3-2-4-11(14)19/h2-4,8H,5-7H2,1H3,(H,20,21,22). The predicted molar refractivity (Wildman–Crippen MR) is 86.8 cm³/mol. The fourth-order valence-electron chi connectivity index (χ4n) is 3.19. The van der Waals surface area contributed by atoms with Crippen LogP contribution in [0.2, 0.25) is 0 Å². The van der Waals surface area contributed by atoms with E-state index in [1.165, 1.54) is 22.3 Å². The maximum absolute atomic E-state index is 13.9. The third-order valence-electron chi connectivity index (χ3n) is 4.37. The van der Waals surface area contributed by atoms with Crippen molar-refractivity contribution in [2.24, 2.45) is 5.92 Å². The number of aromatic nitrogens is 2. The van der Waals surface area contributed by atoms with Crippen molar-refractivity contribution in [1.29, 1.82) is 0 Å². The van der Waals surface area contributed by atoms with Crippen LogP contribution in [0.15, 0.2) is 23.0 Å². The molecule has 0 radical (unpaired) electrons. The van der Waals surface area contributed by atoms with Crippen molar-refractivity contribution < 1.29 is 8.78 Å². The molecular formula is C17H14F2N2OS. The molecule has 1 aliphatic rings. The lowest BCUT2D eigenvalue weighted by molar-refractivity contribution is 0.509. The third kappa shape index (κ3) is 2.28. The van der Waals surface area contributed by atoms with E-state index in [2.05, 4.69) is 16.9 Å². The zero-order chi connectivity index (χ0) is 16.1. The number of nitrogens with one attached hydrogen (secondary N) is 1. The SMILES string of the molecule is CC1CCc2c(sc3nc(-c4c(F)cccc4F)[nH]c(=O)c23)C1. The van der Waals surface area contributed by atoms with Gasteiger partial charge in [-0.25, -0.2) is 13.8 Å². The molecule has 1 atom stereocenters. The predicted octanol–water partition coefficient (Wildman–Crippen LogP) is 4.05. The minimum atomic E-state index is -0.734. The van der Waals surface area contributed by atoms with Gasteiger partial charge in [0.15, 0.2) is 0 Å². The molecule has 0 saturated heterocycles. The van der Waals surface area contributed by atoms with E-state index >= 15 is 0 Å². The van der Waals surface area contributed by atoms with Gasteiger partial charge in [0.1, 0.15) is 22.3 Å². The summed E-state index contributed by atoms with van der Waals surface area (Å²) in [6, 6.07) is 3.60. The number of rotatable bonds is 1. The Hall–Kier alpha value is -2.08. The Balaban J connectivity index is 1.97. The van der Waals surface area contributed by atoms with Gasteiger partial charge in [-0.15, -0.1) is 11.3 Å². The summed E-state index contributed by atoms with van der Waals surface area (Å²) in [7, 11) is 0. The summed E-state index contributed by atoms with van der Waals surface area (Å²) in [5.74, 6) is -0.937. The number of aromatic amines is 1. The molecule has 118 valence electrons. The Bertz CT molecular complexity index is 956. The fourth-order valence-corrected chi connectivity index (χ4v) is 4.57. The van der Waals surface area contributed by atoms with E-state index in [0.29, 0.717) is 16.1 Å². The summed E-state index contributed by atoms with van der Waals surface area (Å²) in [4.78, 5) is 21.1. The van der Waals surface area contributed by atoms with Gasteiger partial charge in [-0.2, -0.15) is 0 Å². The summed E-state index contributed by atoms with van der Waals surface area (Å²) in [5.41, 5.74) is 0.448. The van der Waals surface area contributed by atoms with E-state index in [0.717, 1.165) is 37.0 Å². The largest absolute Gasteiger partial charge is 0.306 e. The number of aryl methyl sites for hydroxylation is 1. The van der Waals surface area contributed by atoms with Crippen LogP contribution >= 0.6 is 11.3 Å².